The lowest BCUT2D eigenvalue weighted by Gasteiger charge is -2.30. The molecule has 0 radical (unpaired) electrons. The van der Waals surface area contributed by atoms with Crippen molar-refractivity contribution in [2.24, 2.45) is 0 Å². The first-order chi connectivity index (χ1) is 17.0. The van der Waals surface area contributed by atoms with Crippen LogP contribution in [0.5, 0.6) is 0 Å². The average molecular weight is 475 g/mol. The summed E-state index contributed by atoms with van der Waals surface area (Å²) in [7, 11) is 0. The number of halogens is 1. The number of nitrogens with zero attached hydrogens (tertiary/aromatic N) is 7. The minimum atomic E-state index is -0.603. The fourth-order valence-electron chi connectivity index (χ4n) is 4.04. The summed E-state index contributed by atoms with van der Waals surface area (Å²) >= 11 is 0. The number of aromatic nitrogens is 6. The molecule has 35 heavy (non-hydrogen) atoms. The number of hydrogen-bond donors (Lipinski definition) is 2. The van der Waals surface area contributed by atoms with Gasteiger partial charge in [0.2, 0.25) is 5.82 Å². The molecule has 1 atom stereocenters. The number of amides is 1. The summed E-state index contributed by atoms with van der Waals surface area (Å²) in [4.78, 5) is 23.9. The highest BCUT2D eigenvalue weighted by Crippen LogP contribution is 2.26. The summed E-state index contributed by atoms with van der Waals surface area (Å²) in [5, 5.41) is 23.6. The maximum Gasteiger partial charge on any atom is 0.259 e. The summed E-state index contributed by atoms with van der Waals surface area (Å²) in [5.41, 5.74) is 2.12. The van der Waals surface area contributed by atoms with E-state index in [1.807, 2.05) is 18.2 Å². The van der Waals surface area contributed by atoms with E-state index in [2.05, 4.69) is 35.7 Å². The molecule has 2 N–H and O–H groups in total. The lowest BCUT2D eigenvalue weighted by atomic mass is 9.96. The lowest BCUT2D eigenvalue weighted by molar-refractivity contribution is 0.102. The van der Waals surface area contributed by atoms with Crippen LogP contribution in [0, 0.1) is 5.82 Å². The van der Waals surface area contributed by atoms with E-state index in [1.165, 1.54) is 10.7 Å². The van der Waals surface area contributed by atoms with Crippen LogP contribution >= 0.6 is 0 Å². The maximum absolute atomic E-state index is 14.9. The van der Waals surface area contributed by atoms with Gasteiger partial charge in [0.1, 0.15) is 23.1 Å². The summed E-state index contributed by atoms with van der Waals surface area (Å²) < 4.78 is 16.3. The highest BCUT2D eigenvalue weighted by atomic mass is 19.1. The van der Waals surface area contributed by atoms with Gasteiger partial charge in [-0.05, 0) is 71.3 Å². The van der Waals surface area contributed by atoms with E-state index in [0.29, 0.717) is 24.5 Å². The molecule has 1 amide bonds. The topological polar surface area (TPSA) is 122 Å². The number of benzene rings is 1. The third kappa shape index (κ3) is 4.58. The fraction of sp³-hybridized carbons (Fsp3) is 0.250. The van der Waals surface area contributed by atoms with Gasteiger partial charge >= 0.3 is 0 Å². The van der Waals surface area contributed by atoms with Crippen LogP contribution in [0.3, 0.4) is 0 Å². The number of rotatable bonds is 6. The second-order valence-electron chi connectivity index (χ2n) is 8.30. The normalized spacial score (nSPS) is 13.9. The number of aliphatic hydroxyl groups excluding tert-OH is 1. The number of carbonyl (C=O) groups excluding carboxylic acids is 1. The Kier molecular flexibility index (Phi) is 6.15. The van der Waals surface area contributed by atoms with Gasteiger partial charge in [0.05, 0.1) is 18.2 Å². The van der Waals surface area contributed by atoms with Gasteiger partial charge in [-0.15, -0.1) is 5.10 Å². The van der Waals surface area contributed by atoms with Crippen molar-refractivity contribution in [2.45, 2.75) is 25.9 Å². The number of nitrogens with one attached hydrogen (secondary N) is 1. The molecule has 1 aliphatic rings. The van der Waals surface area contributed by atoms with E-state index in [0.717, 1.165) is 23.5 Å². The van der Waals surface area contributed by atoms with Gasteiger partial charge in [-0.2, -0.15) is 0 Å². The number of pyridine rings is 2. The van der Waals surface area contributed by atoms with Crippen LogP contribution in [-0.4, -0.2) is 54.3 Å². The van der Waals surface area contributed by atoms with Crippen molar-refractivity contribution in [3.8, 4) is 11.5 Å². The standard InChI is InChI=1S/C24H23FN8O2/c1-15(14-34)33-23(29-30-31-33)20-5-4-6-21(27-20)28-24(35)18-11-17-13-32(22-7-2-3-9-26-22)10-8-16(17)12-19(18)25/h2-7,9,11-12,15,34H,8,10,13-14H2,1H3,(H,27,28,35)/t15-/m1/s1. The first-order valence-corrected chi connectivity index (χ1v) is 11.2. The molecule has 4 heterocycles. The van der Waals surface area contributed by atoms with Crippen molar-refractivity contribution in [3.63, 3.8) is 0 Å². The second-order valence-corrected chi connectivity index (χ2v) is 8.30. The van der Waals surface area contributed by atoms with Crippen LogP contribution < -0.4 is 10.2 Å². The molecule has 3 aromatic heterocycles. The molecule has 10 nitrogen and oxygen atoms in total. The molecule has 0 aliphatic carbocycles. The third-order valence-corrected chi connectivity index (χ3v) is 5.91. The number of anilines is 2. The Hall–Kier alpha value is -4.25. The van der Waals surface area contributed by atoms with Gasteiger partial charge in [0, 0.05) is 19.3 Å². The molecule has 0 bridgehead atoms. The summed E-state index contributed by atoms with van der Waals surface area (Å²) in [6, 6.07) is 13.4. The van der Waals surface area contributed by atoms with Crippen molar-refractivity contribution in [3.05, 3.63) is 77.2 Å². The first-order valence-electron chi connectivity index (χ1n) is 11.2. The van der Waals surface area contributed by atoms with Gasteiger partial charge in [-0.1, -0.05) is 12.1 Å². The molecule has 0 fully saturated rings. The van der Waals surface area contributed by atoms with E-state index in [1.54, 1.807) is 37.4 Å². The average Bonchev–Trinajstić information content (AvgIpc) is 3.38. The molecule has 0 saturated heterocycles. The van der Waals surface area contributed by atoms with Crippen LogP contribution in [0.1, 0.15) is 34.5 Å². The van der Waals surface area contributed by atoms with Crippen LogP contribution in [-0.2, 0) is 13.0 Å². The molecular weight excluding hydrogens is 451 g/mol. The minimum absolute atomic E-state index is 0.0578. The zero-order valence-corrected chi connectivity index (χ0v) is 19.0. The van der Waals surface area contributed by atoms with E-state index in [-0.39, 0.29) is 24.0 Å². The smallest absolute Gasteiger partial charge is 0.259 e. The van der Waals surface area contributed by atoms with Crippen molar-refractivity contribution < 1.29 is 14.3 Å². The van der Waals surface area contributed by atoms with Crippen LogP contribution in [0.2, 0.25) is 0 Å². The van der Waals surface area contributed by atoms with E-state index >= 15 is 0 Å². The zero-order valence-electron chi connectivity index (χ0n) is 19.0. The van der Waals surface area contributed by atoms with Crippen molar-refractivity contribution in [1.29, 1.82) is 0 Å². The molecule has 178 valence electrons. The lowest BCUT2D eigenvalue weighted by Crippen LogP contribution is -2.31. The number of fused-ring (bicyclic) bond motifs is 1. The summed E-state index contributed by atoms with van der Waals surface area (Å²) in [6.45, 7) is 2.87. The molecule has 0 unspecified atom stereocenters. The Balaban J connectivity index is 1.38. The van der Waals surface area contributed by atoms with Crippen molar-refractivity contribution in [1.82, 2.24) is 30.2 Å². The van der Waals surface area contributed by atoms with Crippen LogP contribution in [0.15, 0.2) is 54.7 Å². The van der Waals surface area contributed by atoms with Gasteiger partial charge in [0.25, 0.3) is 5.91 Å². The first kappa shape index (κ1) is 22.5. The Bertz CT molecular complexity index is 1360. The number of tetrazole rings is 1. The third-order valence-electron chi connectivity index (χ3n) is 5.91. The van der Waals surface area contributed by atoms with Crippen LogP contribution in [0.4, 0.5) is 16.0 Å². The van der Waals surface area contributed by atoms with Gasteiger partial charge in [-0.25, -0.2) is 19.0 Å². The van der Waals surface area contributed by atoms with Crippen LogP contribution in [0.25, 0.3) is 11.5 Å². The second kappa shape index (κ2) is 9.55. The van der Waals surface area contributed by atoms with E-state index in [9.17, 15) is 14.3 Å². The molecule has 11 heteroatoms. The Morgan fingerprint density at radius 2 is 2.09 bits per heavy atom. The number of carbonyl (C=O) groups is 1. The highest BCUT2D eigenvalue weighted by molar-refractivity contribution is 6.04. The van der Waals surface area contributed by atoms with Crippen molar-refractivity contribution in [2.75, 3.05) is 23.4 Å². The molecule has 1 aliphatic heterocycles. The van der Waals surface area contributed by atoms with E-state index in [4.69, 9.17) is 0 Å². The molecule has 4 aromatic rings. The van der Waals surface area contributed by atoms with Crippen molar-refractivity contribution >= 4 is 17.5 Å². The Morgan fingerprint density at radius 3 is 2.89 bits per heavy atom. The highest BCUT2D eigenvalue weighted by Gasteiger charge is 2.23. The molecular formula is C24H23FN8O2. The van der Waals surface area contributed by atoms with E-state index < -0.39 is 11.7 Å². The van der Waals surface area contributed by atoms with Gasteiger partial charge in [0.15, 0.2) is 0 Å². The Morgan fingerprint density at radius 1 is 1.20 bits per heavy atom. The summed E-state index contributed by atoms with van der Waals surface area (Å²) in [5.74, 6) is 0.230. The largest absolute Gasteiger partial charge is 0.394 e. The predicted octanol–water partition coefficient (Wildman–Crippen LogP) is 2.64. The number of hydrogen-bond acceptors (Lipinski definition) is 8. The molecule has 1 aromatic carbocycles. The number of aliphatic hydroxyl groups is 1. The zero-order chi connectivity index (χ0) is 24.4. The van der Waals surface area contributed by atoms with Gasteiger partial charge < -0.3 is 15.3 Å². The Labute approximate surface area is 200 Å². The summed E-state index contributed by atoms with van der Waals surface area (Å²) in [6.07, 6.45) is 2.40. The van der Waals surface area contributed by atoms with Gasteiger partial charge in [-0.3, -0.25) is 4.79 Å². The maximum atomic E-state index is 14.9. The molecule has 0 spiro atoms. The monoisotopic (exact) mass is 474 g/mol. The minimum Gasteiger partial charge on any atom is -0.394 e. The molecule has 5 rings (SSSR count). The molecule has 0 saturated carbocycles. The quantitative estimate of drug-likeness (QED) is 0.437. The SMILES string of the molecule is C[C@H](CO)n1nnnc1-c1cccc(NC(=O)c2cc3c(cc2F)CCN(c2ccccn2)C3)n1. The predicted molar refractivity (Wildman–Crippen MR) is 126 cm³/mol. The fourth-order valence-corrected chi connectivity index (χ4v) is 4.04.